The number of rotatable bonds is 2. The molecule has 16 heavy (non-hydrogen) atoms. The summed E-state index contributed by atoms with van der Waals surface area (Å²) in [6, 6.07) is 5.65. The van der Waals surface area contributed by atoms with Gasteiger partial charge in [0.25, 0.3) is 0 Å². The quantitative estimate of drug-likeness (QED) is 0.744. The van der Waals surface area contributed by atoms with E-state index in [1.54, 1.807) is 0 Å². The largest absolute Gasteiger partial charge is 0.454 e. The molecule has 0 aliphatic carbocycles. The fourth-order valence-corrected chi connectivity index (χ4v) is 1.93. The van der Waals surface area contributed by atoms with Gasteiger partial charge in [0.15, 0.2) is 17.8 Å². The normalized spacial score (nSPS) is 27.3. The van der Waals surface area contributed by atoms with Crippen LogP contribution in [0.25, 0.3) is 0 Å². The lowest BCUT2D eigenvalue weighted by Crippen LogP contribution is -2.10. The molecule has 1 aromatic rings. The van der Waals surface area contributed by atoms with Gasteiger partial charge in [-0.1, -0.05) is 0 Å². The fourth-order valence-electron chi connectivity index (χ4n) is 1.76. The van der Waals surface area contributed by atoms with Crippen molar-refractivity contribution in [3.8, 4) is 11.5 Å². The highest BCUT2D eigenvalue weighted by Crippen LogP contribution is 2.36. The van der Waals surface area contributed by atoms with Gasteiger partial charge in [-0.25, -0.2) is 0 Å². The summed E-state index contributed by atoms with van der Waals surface area (Å²) in [6.07, 6.45) is -0.379. The van der Waals surface area contributed by atoms with Gasteiger partial charge in [0.1, 0.15) is 0 Å². The van der Waals surface area contributed by atoms with Crippen LogP contribution in [0, 0.1) is 0 Å². The van der Waals surface area contributed by atoms with Crippen molar-refractivity contribution >= 4 is 11.6 Å². The van der Waals surface area contributed by atoms with Crippen molar-refractivity contribution < 1.29 is 18.9 Å². The van der Waals surface area contributed by atoms with E-state index in [4.69, 9.17) is 30.5 Å². The molecule has 0 aromatic heterocycles. The van der Waals surface area contributed by atoms with Crippen molar-refractivity contribution in [3.05, 3.63) is 23.8 Å². The average Bonchev–Trinajstić information content (AvgIpc) is 2.96. The second-order valence-electron chi connectivity index (χ2n) is 3.69. The van der Waals surface area contributed by atoms with Crippen LogP contribution in [-0.2, 0) is 9.47 Å². The van der Waals surface area contributed by atoms with Crippen LogP contribution >= 0.6 is 11.6 Å². The standard InChI is InChI=1S/C11H11ClO4/c12-4-8-5-13-11(16-8)7-1-2-9-10(3-7)15-6-14-9/h1-3,8,11H,4-6H2/t8-,11+/m1/s1. The summed E-state index contributed by atoms with van der Waals surface area (Å²) in [5.74, 6) is 1.94. The Hall–Kier alpha value is -0.970. The number of halogens is 1. The van der Waals surface area contributed by atoms with E-state index in [2.05, 4.69) is 0 Å². The molecule has 2 aliphatic heterocycles. The summed E-state index contributed by atoms with van der Waals surface area (Å²) < 4.78 is 21.6. The minimum absolute atomic E-state index is 0.0305. The van der Waals surface area contributed by atoms with Crippen LogP contribution < -0.4 is 9.47 Å². The van der Waals surface area contributed by atoms with Crippen LogP contribution in [0.1, 0.15) is 11.9 Å². The third kappa shape index (κ3) is 1.73. The molecule has 2 heterocycles. The molecule has 0 radical (unpaired) electrons. The van der Waals surface area contributed by atoms with E-state index in [1.807, 2.05) is 18.2 Å². The summed E-state index contributed by atoms with van der Waals surface area (Å²) in [7, 11) is 0. The molecular weight excluding hydrogens is 232 g/mol. The van der Waals surface area contributed by atoms with Gasteiger partial charge in [-0.15, -0.1) is 11.6 Å². The highest BCUT2D eigenvalue weighted by molar-refractivity contribution is 6.18. The third-order valence-electron chi connectivity index (χ3n) is 2.59. The Morgan fingerprint density at radius 1 is 1.25 bits per heavy atom. The summed E-state index contributed by atoms with van der Waals surface area (Å²) in [5.41, 5.74) is 0.928. The van der Waals surface area contributed by atoms with Crippen molar-refractivity contribution in [1.29, 1.82) is 0 Å². The molecule has 0 bridgehead atoms. The lowest BCUT2D eigenvalue weighted by atomic mass is 10.2. The van der Waals surface area contributed by atoms with E-state index >= 15 is 0 Å². The highest BCUT2D eigenvalue weighted by atomic mass is 35.5. The molecule has 0 unspecified atom stereocenters. The molecule has 0 saturated carbocycles. The van der Waals surface area contributed by atoms with E-state index in [0.717, 1.165) is 17.1 Å². The molecule has 0 N–H and O–H groups in total. The van der Waals surface area contributed by atoms with Gasteiger partial charge in [-0.3, -0.25) is 0 Å². The Bertz CT molecular complexity index is 396. The molecule has 5 heteroatoms. The number of ether oxygens (including phenoxy) is 4. The van der Waals surface area contributed by atoms with Gasteiger partial charge in [0.05, 0.1) is 18.6 Å². The number of hydrogen-bond donors (Lipinski definition) is 0. The van der Waals surface area contributed by atoms with Crippen molar-refractivity contribution in [1.82, 2.24) is 0 Å². The van der Waals surface area contributed by atoms with Crippen molar-refractivity contribution in [2.45, 2.75) is 12.4 Å². The van der Waals surface area contributed by atoms with Crippen LogP contribution in [0.4, 0.5) is 0 Å². The number of benzene rings is 1. The molecular formula is C11H11ClO4. The number of alkyl halides is 1. The van der Waals surface area contributed by atoms with Crippen LogP contribution in [0.3, 0.4) is 0 Å². The first-order valence-electron chi connectivity index (χ1n) is 5.09. The topological polar surface area (TPSA) is 36.9 Å². The first-order chi connectivity index (χ1) is 7.86. The zero-order valence-corrected chi connectivity index (χ0v) is 9.27. The molecule has 2 aliphatic rings. The molecule has 1 aromatic carbocycles. The van der Waals surface area contributed by atoms with Gasteiger partial charge in [-0.05, 0) is 18.2 Å². The highest BCUT2D eigenvalue weighted by Gasteiger charge is 2.28. The van der Waals surface area contributed by atoms with E-state index in [-0.39, 0.29) is 19.2 Å². The molecule has 1 saturated heterocycles. The Morgan fingerprint density at radius 3 is 2.94 bits per heavy atom. The third-order valence-corrected chi connectivity index (χ3v) is 2.93. The molecule has 0 amide bonds. The fraction of sp³-hybridized carbons (Fsp3) is 0.455. The lowest BCUT2D eigenvalue weighted by Gasteiger charge is -2.10. The van der Waals surface area contributed by atoms with E-state index < -0.39 is 0 Å². The molecule has 0 spiro atoms. The molecule has 2 atom stereocenters. The molecule has 3 rings (SSSR count). The van der Waals surface area contributed by atoms with Gasteiger partial charge in [-0.2, -0.15) is 0 Å². The maximum Gasteiger partial charge on any atom is 0.231 e. The first-order valence-corrected chi connectivity index (χ1v) is 5.63. The van der Waals surface area contributed by atoms with Crippen LogP contribution in [0.2, 0.25) is 0 Å². The Morgan fingerprint density at radius 2 is 2.12 bits per heavy atom. The van der Waals surface area contributed by atoms with Crippen molar-refractivity contribution in [2.75, 3.05) is 19.3 Å². The van der Waals surface area contributed by atoms with Crippen LogP contribution in [0.15, 0.2) is 18.2 Å². The number of fused-ring (bicyclic) bond motifs is 1. The van der Waals surface area contributed by atoms with Gasteiger partial charge >= 0.3 is 0 Å². The second-order valence-corrected chi connectivity index (χ2v) is 4.00. The summed E-state index contributed by atoms with van der Waals surface area (Å²) in [6.45, 7) is 0.804. The number of hydrogen-bond acceptors (Lipinski definition) is 4. The van der Waals surface area contributed by atoms with Crippen LogP contribution in [-0.4, -0.2) is 25.4 Å². The predicted molar refractivity (Wildman–Crippen MR) is 56.9 cm³/mol. The Kier molecular flexibility index (Phi) is 2.63. The predicted octanol–water partition coefficient (Wildman–Crippen LogP) is 2.07. The smallest absolute Gasteiger partial charge is 0.231 e. The lowest BCUT2D eigenvalue weighted by molar-refractivity contribution is -0.0567. The Balaban J connectivity index is 1.80. The first kappa shape index (κ1) is 10.2. The Labute approximate surface area is 98.0 Å². The van der Waals surface area contributed by atoms with E-state index in [9.17, 15) is 0 Å². The maximum atomic E-state index is 5.70. The van der Waals surface area contributed by atoms with Crippen molar-refractivity contribution in [2.24, 2.45) is 0 Å². The monoisotopic (exact) mass is 242 g/mol. The van der Waals surface area contributed by atoms with Crippen molar-refractivity contribution in [3.63, 3.8) is 0 Å². The van der Waals surface area contributed by atoms with E-state index in [1.165, 1.54) is 0 Å². The minimum Gasteiger partial charge on any atom is -0.454 e. The van der Waals surface area contributed by atoms with E-state index in [0.29, 0.717) is 12.5 Å². The zero-order valence-electron chi connectivity index (χ0n) is 8.52. The van der Waals surface area contributed by atoms with Gasteiger partial charge in [0, 0.05) is 5.56 Å². The molecule has 86 valence electrons. The summed E-state index contributed by atoms with van der Waals surface area (Å²) in [5, 5.41) is 0. The minimum atomic E-state index is -0.349. The maximum absolute atomic E-state index is 5.70. The van der Waals surface area contributed by atoms with Gasteiger partial charge in [0.2, 0.25) is 6.79 Å². The summed E-state index contributed by atoms with van der Waals surface area (Å²) >= 11 is 5.70. The molecule has 1 fully saturated rings. The SMILES string of the molecule is ClC[C@@H]1CO[C@H](c2ccc3c(c2)OCO3)O1. The zero-order chi connectivity index (χ0) is 11.0. The molecule has 4 nitrogen and oxygen atoms in total. The average molecular weight is 243 g/mol. The summed E-state index contributed by atoms with van der Waals surface area (Å²) in [4.78, 5) is 0. The van der Waals surface area contributed by atoms with Crippen LogP contribution in [0.5, 0.6) is 11.5 Å². The van der Waals surface area contributed by atoms with Gasteiger partial charge < -0.3 is 18.9 Å². The second kappa shape index (κ2) is 4.13.